The fourth-order valence-corrected chi connectivity index (χ4v) is 10.1. The average Bonchev–Trinajstić information content (AvgIpc) is 4.06. The highest BCUT2D eigenvalue weighted by atomic mass is 35.5. The van der Waals surface area contributed by atoms with Crippen molar-refractivity contribution in [2.45, 2.75) is 49.2 Å². The molecule has 0 radical (unpaired) electrons. The van der Waals surface area contributed by atoms with Gasteiger partial charge in [-0.1, -0.05) is 94.9 Å². The average molecular weight is 1000 g/mol. The first-order chi connectivity index (χ1) is 33.2. The van der Waals surface area contributed by atoms with Gasteiger partial charge in [-0.2, -0.15) is 0 Å². The first kappa shape index (κ1) is 49.1. The van der Waals surface area contributed by atoms with Crippen LogP contribution in [0, 0.1) is 30.6 Å². The van der Waals surface area contributed by atoms with Gasteiger partial charge in [-0.05, 0) is 74.4 Å². The molecule has 15 nitrogen and oxygen atoms in total. The first-order valence-electron chi connectivity index (χ1n) is 21.9. The zero-order valence-corrected chi connectivity index (χ0v) is 40.5. The van der Waals surface area contributed by atoms with Crippen molar-refractivity contribution in [1.82, 2.24) is 23.7 Å². The van der Waals surface area contributed by atoms with Crippen molar-refractivity contribution in [1.29, 1.82) is 0 Å². The SMILES string of the molecule is CCOC(=O)c1nc(-c2cccc(C#C[C@]3(O)CCN(C)C3=O)c2)cc2c(Cl)cn(S(=O)(=O)c3ccc(C)cc3)c12.CN1CC[C@@](O)(C#Cc2cccc(-c3cc4c(c(C(N)=O)n3)CC=C4Cl)c2)C1=O. The summed E-state index contributed by atoms with van der Waals surface area (Å²) in [7, 11) is -0.891. The number of hydrogen-bond donors (Lipinski definition) is 3. The van der Waals surface area contributed by atoms with Crippen LogP contribution in [-0.4, -0.2) is 111 Å². The van der Waals surface area contributed by atoms with Crippen LogP contribution in [0.25, 0.3) is 38.4 Å². The van der Waals surface area contributed by atoms with E-state index in [1.54, 1.807) is 81.7 Å². The Labute approximate surface area is 413 Å². The largest absolute Gasteiger partial charge is 0.461 e. The molecule has 0 saturated carbocycles. The van der Waals surface area contributed by atoms with E-state index < -0.39 is 44.9 Å². The number of rotatable bonds is 7. The van der Waals surface area contributed by atoms with Gasteiger partial charge in [0.2, 0.25) is 11.2 Å². The lowest BCUT2D eigenvalue weighted by molar-refractivity contribution is -0.138. The van der Waals surface area contributed by atoms with Crippen LogP contribution in [0.15, 0.2) is 102 Å². The normalized spacial score (nSPS) is 18.3. The number of allylic oxidation sites excluding steroid dienone is 1. The summed E-state index contributed by atoms with van der Waals surface area (Å²) in [6.07, 6.45) is 4.06. The van der Waals surface area contributed by atoms with Crippen molar-refractivity contribution in [3.05, 3.63) is 141 Å². The molecule has 0 bridgehead atoms. The van der Waals surface area contributed by atoms with Gasteiger partial charge in [0, 0.05) is 84.5 Å². The lowest BCUT2D eigenvalue weighted by Crippen LogP contribution is -2.37. The number of benzene rings is 3. The molecule has 3 aromatic carbocycles. The molecule has 9 rings (SSSR count). The number of carbonyl (C=O) groups is 4. The Hall–Kier alpha value is -7.31. The van der Waals surface area contributed by atoms with E-state index in [1.165, 1.54) is 28.1 Å². The van der Waals surface area contributed by atoms with Crippen molar-refractivity contribution < 1.29 is 42.5 Å². The second kappa shape index (κ2) is 19.2. The predicted octanol–water partition coefficient (Wildman–Crippen LogP) is 5.95. The standard InChI is InChI=1S/C30H26ClN3O6S.C22H18ClN3O3/c1-4-40-28(35)26-27-23(24(31)18-34(27)41(38,39)22-10-8-19(2)9-11-22)17-25(32-26)21-7-5-6-20(16-21)12-13-30(37)14-15-33(3)29(30)36;1-26-10-9-22(29,21(26)28)8-7-13-3-2-4-14(11-13)18-12-16-15(5-6-17(16)23)19(25-18)20(24)27/h5-11,16-18,37H,4,14-15H2,1-3H3;2-4,6,11-12,29H,5,9-10H2,1H3,(H2,24,27)/t30-;22-/m00/s1. The van der Waals surface area contributed by atoms with E-state index in [2.05, 4.69) is 33.6 Å². The number of likely N-dealkylation sites (N-methyl/N-ethyl adjacent to an activating group) is 2. The number of likely N-dealkylation sites (tertiary alicyclic amines) is 2. The Kier molecular flexibility index (Phi) is 13.5. The van der Waals surface area contributed by atoms with Crippen LogP contribution in [0.5, 0.6) is 0 Å². The summed E-state index contributed by atoms with van der Waals surface area (Å²) in [6, 6.07) is 23.8. The molecule has 356 valence electrons. The number of ether oxygens (including phenoxy) is 1. The lowest BCUT2D eigenvalue weighted by atomic mass is 10.0. The van der Waals surface area contributed by atoms with Gasteiger partial charge in [-0.3, -0.25) is 14.4 Å². The third-order valence-electron chi connectivity index (χ3n) is 12.0. The molecule has 2 atom stereocenters. The van der Waals surface area contributed by atoms with Crippen LogP contribution in [0.1, 0.15) is 68.6 Å². The fourth-order valence-electron chi connectivity index (χ4n) is 8.13. The van der Waals surface area contributed by atoms with Gasteiger partial charge >= 0.3 is 5.97 Å². The minimum absolute atomic E-state index is 0.000177. The Morgan fingerprint density at radius 3 is 1.87 bits per heavy atom. The maximum atomic E-state index is 13.6. The molecule has 0 unspecified atom stereocenters. The number of nitrogens with two attached hydrogens (primary N) is 1. The highest BCUT2D eigenvalue weighted by molar-refractivity contribution is 7.90. The minimum Gasteiger partial charge on any atom is -0.461 e. The molecule has 3 amide bonds. The molecule has 70 heavy (non-hydrogen) atoms. The van der Waals surface area contributed by atoms with Gasteiger partial charge in [0.15, 0.2) is 5.69 Å². The quantitative estimate of drug-likeness (QED) is 0.126. The highest BCUT2D eigenvalue weighted by Crippen LogP contribution is 2.37. The number of aliphatic hydroxyl groups is 2. The van der Waals surface area contributed by atoms with Gasteiger partial charge in [-0.15, -0.1) is 0 Å². The van der Waals surface area contributed by atoms with E-state index in [4.69, 9.17) is 33.7 Å². The molecule has 4 N–H and O–H groups in total. The number of amides is 3. The Balaban J connectivity index is 0.000000200. The molecule has 2 fully saturated rings. The zero-order valence-electron chi connectivity index (χ0n) is 38.2. The van der Waals surface area contributed by atoms with E-state index in [1.807, 2.05) is 25.1 Å². The van der Waals surface area contributed by atoms with E-state index in [0.717, 1.165) is 26.2 Å². The van der Waals surface area contributed by atoms with Gasteiger partial charge in [-0.25, -0.2) is 27.2 Å². The summed E-state index contributed by atoms with van der Waals surface area (Å²) in [5, 5.41) is 22.1. The predicted molar refractivity (Wildman–Crippen MR) is 264 cm³/mol. The van der Waals surface area contributed by atoms with Crippen LogP contribution >= 0.6 is 23.2 Å². The molecular formula is C52H44Cl2N6O9S. The number of hydrogen-bond acceptors (Lipinski definition) is 11. The number of fused-ring (bicyclic) bond motifs is 2. The highest BCUT2D eigenvalue weighted by Gasteiger charge is 2.43. The molecule has 0 spiro atoms. The number of nitrogens with zero attached hydrogens (tertiary/aromatic N) is 5. The second-order valence-corrected chi connectivity index (χ2v) is 19.5. The van der Waals surface area contributed by atoms with Gasteiger partial charge < -0.3 is 30.5 Å². The molecule has 2 saturated heterocycles. The van der Waals surface area contributed by atoms with E-state index >= 15 is 0 Å². The smallest absolute Gasteiger partial charge is 0.359 e. The number of primary amides is 1. The summed E-state index contributed by atoms with van der Waals surface area (Å²) in [4.78, 5) is 61.2. The second-order valence-electron chi connectivity index (χ2n) is 16.9. The van der Waals surface area contributed by atoms with E-state index in [0.29, 0.717) is 58.0 Å². The van der Waals surface area contributed by atoms with Crippen molar-refractivity contribution in [3.63, 3.8) is 0 Å². The topological polar surface area (TPSA) is 215 Å². The number of esters is 1. The summed E-state index contributed by atoms with van der Waals surface area (Å²) in [6.45, 7) is 4.40. The zero-order chi connectivity index (χ0) is 50.3. The fraction of sp³-hybridized carbons (Fsp3) is 0.231. The van der Waals surface area contributed by atoms with Gasteiger partial charge in [0.25, 0.3) is 27.7 Å². The molecule has 3 aromatic heterocycles. The van der Waals surface area contributed by atoms with Crippen molar-refractivity contribution in [3.8, 4) is 46.2 Å². The van der Waals surface area contributed by atoms with Gasteiger partial charge in [0.05, 0.1) is 33.4 Å². The maximum Gasteiger partial charge on any atom is 0.359 e. The van der Waals surface area contributed by atoms with Crippen LogP contribution in [0.3, 0.4) is 0 Å². The Morgan fingerprint density at radius 1 is 0.814 bits per heavy atom. The van der Waals surface area contributed by atoms with Gasteiger partial charge in [0.1, 0.15) is 5.69 Å². The summed E-state index contributed by atoms with van der Waals surface area (Å²) >= 11 is 12.8. The summed E-state index contributed by atoms with van der Waals surface area (Å²) in [5.41, 5.74) is 7.72. The molecule has 5 heterocycles. The molecule has 6 aromatic rings. The van der Waals surface area contributed by atoms with Crippen LogP contribution in [0.4, 0.5) is 0 Å². The molecular weight excluding hydrogens is 956 g/mol. The third-order valence-corrected chi connectivity index (χ3v) is 14.3. The Morgan fingerprint density at radius 2 is 1.36 bits per heavy atom. The number of carbonyl (C=O) groups excluding carboxylic acids is 4. The number of aromatic nitrogens is 3. The van der Waals surface area contributed by atoms with E-state index in [-0.39, 0.29) is 46.3 Å². The van der Waals surface area contributed by atoms with Crippen molar-refractivity contribution in [2.75, 3.05) is 33.8 Å². The number of aryl methyl sites for hydroxylation is 1. The molecule has 2 aliphatic heterocycles. The monoisotopic (exact) mass is 998 g/mol. The lowest BCUT2D eigenvalue weighted by Gasteiger charge is -2.13. The minimum atomic E-state index is -4.13. The third kappa shape index (κ3) is 9.52. The van der Waals surface area contributed by atoms with Crippen LogP contribution < -0.4 is 5.73 Å². The van der Waals surface area contributed by atoms with Crippen molar-refractivity contribution >= 4 is 72.9 Å². The molecule has 18 heteroatoms. The number of pyridine rings is 2. The van der Waals surface area contributed by atoms with Crippen LogP contribution in [0.2, 0.25) is 5.02 Å². The van der Waals surface area contributed by atoms with E-state index in [9.17, 15) is 37.8 Å². The Bertz CT molecular complexity index is 3460. The summed E-state index contributed by atoms with van der Waals surface area (Å²) in [5.74, 6) is 8.87. The molecule has 3 aliphatic rings. The van der Waals surface area contributed by atoms with Crippen LogP contribution in [-0.2, 0) is 30.8 Å². The first-order valence-corrected chi connectivity index (χ1v) is 24.1. The van der Waals surface area contributed by atoms with Crippen molar-refractivity contribution in [2.24, 2.45) is 5.73 Å². The summed E-state index contributed by atoms with van der Waals surface area (Å²) < 4.78 is 33.4. The maximum absolute atomic E-state index is 13.6. The molecule has 1 aliphatic carbocycles. The number of halogens is 2.